The predicted molar refractivity (Wildman–Crippen MR) is 133 cm³/mol. The van der Waals surface area contributed by atoms with Gasteiger partial charge in [-0.1, -0.05) is 71.9 Å². The van der Waals surface area contributed by atoms with Gasteiger partial charge in [0.25, 0.3) is 0 Å². The van der Waals surface area contributed by atoms with Crippen LogP contribution < -0.4 is 4.74 Å². The first-order valence-corrected chi connectivity index (χ1v) is 12.4. The molecule has 2 aliphatic rings. The Kier molecular flexibility index (Phi) is 8.63. The van der Waals surface area contributed by atoms with Crippen molar-refractivity contribution in [1.82, 2.24) is 0 Å². The zero-order valence-electron chi connectivity index (χ0n) is 21.2. The van der Waals surface area contributed by atoms with Gasteiger partial charge in [-0.15, -0.1) is 0 Å². The fourth-order valence-electron chi connectivity index (χ4n) is 4.67. The molecule has 3 heteroatoms. The number of allylic oxidation sites excluding steroid dienone is 3. The minimum atomic E-state index is -0.232. The van der Waals surface area contributed by atoms with Crippen LogP contribution in [0.4, 0.5) is 0 Å². The molecule has 178 valence electrons. The summed E-state index contributed by atoms with van der Waals surface area (Å²) in [6.07, 6.45) is 11.6. The van der Waals surface area contributed by atoms with Crippen LogP contribution in [0.15, 0.2) is 48.1 Å². The van der Waals surface area contributed by atoms with Crippen LogP contribution in [0.25, 0.3) is 0 Å². The van der Waals surface area contributed by atoms with E-state index in [1.807, 2.05) is 0 Å². The topological polar surface area (TPSA) is 27.7 Å². The third-order valence-electron chi connectivity index (χ3n) is 6.58. The molecule has 1 fully saturated rings. The predicted octanol–water partition coefficient (Wildman–Crippen LogP) is 7.68. The maximum atomic E-state index is 6.44. The normalized spacial score (nSPS) is 20.0. The molecule has 1 heterocycles. The van der Waals surface area contributed by atoms with Gasteiger partial charge in [0.15, 0.2) is 0 Å². The van der Waals surface area contributed by atoms with Gasteiger partial charge >= 0.3 is 0 Å². The van der Waals surface area contributed by atoms with E-state index < -0.39 is 0 Å². The highest BCUT2D eigenvalue weighted by Gasteiger charge is 2.31. The van der Waals surface area contributed by atoms with Crippen LogP contribution in [0.1, 0.15) is 85.1 Å². The summed E-state index contributed by atoms with van der Waals surface area (Å²) < 4.78 is 18.4. The Balaban J connectivity index is 1.70. The average molecular weight is 441 g/mol. The van der Waals surface area contributed by atoms with Crippen LogP contribution in [-0.2, 0) is 9.47 Å². The molecular weight excluding hydrogens is 396 g/mol. The third-order valence-corrected chi connectivity index (χ3v) is 6.58. The molecule has 1 aliphatic heterocycles. The fraction of sp³-hybridized carbons (Fsp3) is 0.655. The van der Waals surface area contributed by atoms with Crippen molar-refractivity contribution in [3.8, 4) is 5.75 Å². The van der Waals surface area contributed by atoms with Gasteiger partial charge in [-0.2, -0.15) is 0 Å². The summed E-state index contributed by atoms with van der Waals surface area (Å²) >= 11 is 0. The largest absolute Gasteiger partial charge is 0.465 e. The quantitative estimate of drug-likeness (QED) is 0.388. The SMILES string of the molecule is CC(C)(C)CC(c1ccc(OC(OCC2=CC=CCC2)C2CCOCC2)cc1)C(C)(C)C. The Bertz CT molecular complexity index is 755. The highest BCUT2D eigenvalue weighted by atomic mass is 16.7. The Morgan fingerprint density at radius 2 is 1.69 bits per heavy atom. The molecule has 32 heavy (non-hydrogen) atoms. The van der Waals surface area contributed by atoms with Crippen LogP contribution in [-0.4, -0.2) is 26.1 Å². The average Bonchev–Trinajstić information content (AvgIpc) is 2.75. The van der Waals surface area contributed by atoms with Gasteiger partial charge in [-0.05, 0) is 72.1 Å². The molecule has 3 nitrogen and oxygen atoms in total. The Hall–Kier alpha value is -1.58. The molecule has 0 N–H and O–H groups in total. The van der Waals surface area contributed by atoms with E-state index in [0.717, 1.165) is 51.1 Å². The van der Waals surface area contributed by atoms with E-state index in [1.165, 1.54) is 11.1 Å². The monoisotopic (exact) mass is 440 g/mol. The van der Waals surface area contributed by atoms with E-state index in [4.69, 9.17) is 14.2 Å². The molecule has 0 radical (unpaired) electrons. The van der Waals surface area contributed by atoms with E-state index >= 15 is 0 Å². The first-order valence-electron chi connectivity index (χ1n) is 12.4. The molecular formula is C29H44O3. The molecule has 2 unspecified atom stereocenters. The second-order valence-electron chi connectivity index (χ2n) is 11.8. The third kappa shape index (κ3) is 7.78. The Labute approximate surface area is 196 Å². The number of benzene rings is 1. The number of hydrogen-bond donors (Lipinski definition) is 0. The number of hydrogen-bond acceptors (Lipinski definition) is 3. The van der Waals surface area contributed by atoms with E-state index in [2.05, 4.69) is 84.0 Å². The Morgan fingerprint density at radius 3 is 2.25 bits per heavy atom. The second-order valence-corrected chi connectivity index (χ2v) is 11.8. The molecule has 0 bridgehead atoms. The van der Waals surface area contributed by atoms with Gasteiger partial charge in [-0.3, -0.25) is 0 Å². The summed E-state index contributed by atoms with van der Waals surface area (Å²) in [6.45, 7) is 16.2. The summed E-state index contributed by atoms with van der Waals surface area (Å²) in [6, 6.07) is 8.78. The molecule has 1 saturated heterocycles. The fourth-order valence-corrected chi connectivity index (χ4v) is 4.67. The lowest BCUT2D eigenvalue weighted by atomic mass is 9.69. The molecule has 0 saturated carbocycles. The summed E-state index contributed by atoms with van der Waals surface area (Å²) in [5.74, 6) is 1.77. The summed E-state index contributed by atoms with van der Waals surface area (Å²) in [4.78, 5) is 0. The van der Waals surface area contributed by atoms with Gasteiger partial charge in [0, 0.05) is 19.1 Å². The van der Waals surface area contributed by atoms with Gasteiger partial charge < -0.3 is 14.2 Å². The number of ether oxygens (including phenoxy) is 3. The van der Waals surface area contributed by atoms with E-state index in [9.17, 15) is 0 Å². The van der Waals surface area contributed by atoms with Crippen LogP contribution in [0.3, 0.4) is 0 Å². The summed E-state index contributed by atoms with van der Waals surface area (Å²) in [7, 11) is 0. The van der Waals surface area contributed by atoms with Crippen LogP contribution >= 0.6 is 0 Å². The van der Waals surface area contributed by atoms with Crippen molar-refractivity contribution in [2.75, 3.05) is 19.8 Å². The molecule has 3 rings (SSSR count). The van der Waals surface area contributed by atoms with Crippen molar-refractivity contribution in [3.63, 3.8) is 0 Å². The van der Waals surface area contributed by atoms with Crippen molar-refractivity contribution < 1.29 is 14.2 Å². The van der Waals surface area contributed by atoms with E-state index in [0.29, 0.717) is 18.4 Å². The van der Waals surface area contributed by atoms with Gasteiger partial charge in [0.05, 0.1) is 6.61 Å². The van der Waals surface area contributed by atoms with E-state index in [-0.39, 0.29) is 17.1 Å². The molecule has 0 spiro atoms. The molecule has 1 aliphatic carbocycles. The highest BCUT2D eigenvalue weighted by Crippen LogP contribution is 2.43. The highest BCUT2D eigenvalue weighted by molar-refractivity contribution is 5.31. The lowest BCUT2D eigenvalue weighted by molar-refractivity contribution is -0.130. The smallest absolute Gasteiger partial charge is 0.203 e. The maximum absolute atomic E-state index is 6.44. The summed E-state index contributed by atoms with van der Waals surface area (Å²) in [5.41, 5.74) is 3.24. The van der Waals surface area contributed by atoms with Crippen molar-refractivity contribution >= 4 is 0 Å². The standard InChI is InChI=1S/C29H44O3/c1-28(2,3)20-26(29(4,5)6)23-12-14-25(15-13-23)32-27(24-16-18-30-19-17-24)31-21-22-10-8-7-9-11-22/h7-8,10,12-15,24,26-27H,9,11,16-21H2,1-6H3. The molecule has 0 amide bonds. The second kappa shape index (κ2) is 11.0. The minimum absolute atomic E-state index is 0.214. The van der Waals surface area contributed by atoms with Crippen LogP contribution in [0, 0.1) is 16.7 Å². The van der Waals surface area contributed by atoms with E-state index in [1.54, 1.807) is 0 Å². The van der Waals surface area contributed by atoms with Crippen LogP contribution in [0.2, 0.25) is 0 Å². The zero-order chi connectivity index (χ0) is 23.2. The van der Waals surface area contributed by atoms with Gasteiger partial charge in [0.1, 0.15) is 5.75 Å². The maximum Gasteiger partial charge on any atom is 0.203 e. The van der Waals surface area contributed by atoms with Crippen molar-refractivity contribution in [2.45, 2.75) is 85.9 Å². The first kappa shape index (κ1) is 25.1. The van der Waals surface area contributed by atoms with Gasteiger partial charge in [0.2, 0.25) is 6.29 Å². The van der Waals surface area contributed by atoms with Gasteiger partial charge in [-0.25, -0.2) is 0 Å². The van der Waals surface area contributed by atoms with Crippen molar-refractivity contribution in [2.24, 2.45) is 16.7 Å². The number of rotatable bonds is 8. The van der Waals surface area contributed by atoms with Crippen molar-refractivity contribution in [1.29, 1.82) is 0 Å². The van der Waals surface area contributed by atoms with Crippen molar-refractivity contribution in [3.05, 3.63) is 53.6 Å². The zero-order valence-corrected chi connectivity index (χ0v) is 21.2. The summed E-state index contributed by atoms with van der Waals surface area (Å²) in [5, 5.41) is 0. The minimum Gasteiger partial charge on any atom is -0.465 e. The lowest BCUT2D eigenvalue weighted by Gasteiger charge is -2.36. The molecule has 1 aromatic rings. The molecule has 1 aromatic carbocycles. The lowest BCUT2D eigenvalue weighted by Crippen LogP contribution is -2.34. The molecule has 2 atom stereocenters. The van der Waals surface area contributed by atoms with Crippen LogP contribution in [0.5, 0.6) is 5.75 Å². The Morgan fingerprint density at radius 1 is 1.00 bits per heavy atom. The first-order chi connectivity index (χ1) is 15.1. The molecule has 0 aromatic heterocycles.